The van der Waals surface area contributed by atoms with E-state index in [2.05, 4.69) is 24.5 Å². The van der Waals surface area contributed by atoms with E-state index in [0.29, 0.717) is 6.61 Å². The molecule has 3 heteroatoms. The highest BCUT2D eigenvalue weighted by atomic mass is 16.5. The van der Waals surface area contributed by atoms with Gasteiger partial charge in [0.2, 0.25) is 0 Å². The third kappa shape index (κ3) is 4.51. The number of aryl methyl sites for hydroxylation is 1. The van der Waals surface area contributed by atoms with E-state index in [1.54, 1.807) is 0 Å². The second-order valence-electron chi connectivity index (χ2n) is 2.49. The first kappa shape index (κ1) is 12.5. The molecule has 0 aliphatic carbocycles. The Kier molecular flexibility index (Phi) is 7.24. The number of nitrogens with two attached hydrogens (primary N) is 2. The van der Waals surface area contributed by atoms with Crippen LogP contribution in [-0.2, 0) is 6.42 Å². The summed E-state index contributed by atoms with van der Waals surface area (Å²) in [5.41, 5.74) is 1.31. The fourth-order valence-electron chi connectivity index (χ4n) is 0.946. The molecule has 14 heavy (non-hydrogen) atoms. The molecule has 1 aromatic carbocycles. The van der Waals surface area contributed by atoms with Crippen molar-refractivity contribution in [1.82, 2.24) is 0 Å². The molecule has 0 saturated heterocycles. The standard InChI is InChI=1S/C11H12O.H4N2/c1-3-9-12-11-7-5-10(4-2)6-8-11;1-2/h1,5-8H,4,9H2,2H3;1-2H2. The van der Waals surface area contributed by atoms with Gasteiger partial charge in [-0.1, -0.05) is 25.0 Å². The molecule has 0 heterocycles. The molecule has 0 atom stereocenters. The van der Waals surface area contributed by atoms with Crippen molar-refractivity contribution < 1.29 is 4.74 Å². The van der Waals surface area contributed by atoms with Crippen LogP contribution in [0.1, 0.15) is 12.5 Å². The highest BCUT2D eigenvalue weighted by Gasteiger charge is 1.91. The van der Waals surface area contributed by atoms with Gasteiger partial charge in [-0.05, 0) is 24.1 Å². The molecule has 3 nitrogen and oxygen atoms in total. The van der Waals surface area contributed by atoms with Crippen LogP contribution in [-0.4, -0.2) is 6.61 Å². The van der Waals surface area contributed by atoms with Crippen LogP contribution in [0.4, 0.5) is 0 Å². The smallest absolute Gasteiger partial charge is 0.148 e. The summed E-state index contributed by atoms with van der Waals surface area (Å²) in [7, 11) is 0. The number of rotatable bonds is 3. The van der Waals surface area contributed by atoms with Crippen molar-refractivity contribution in [3.05, 3.63) is 29.8 Å². The summed E-state index contributed by atoms with van der Waals surface area (Å²) in [4.78, 5) is 0. The minimum Gasteiger partial charge on any atom is -0.481 e. The van der Waals surface area contributed by atoms with Gasteiger partial charge in [0.05, 0.1) is 0 Å². The van der Waals surface area contributed by atoms with Crippen LogP contribution in [0.2, 0.25) is 0 Å². The largest absolute Gasteiger partial charge is 0.481 e. The van der Waals surface area contributed by atoms with E-state index in [1.165, 1.54) is 5.56 Å². The first-order valence-electron chi connectivity index (χ1n) is 4.35. The van der Waals surface area contributed by atoms with Gasteiger partial charge in [-0.25, -0.2) is 0 Å². The third-order valence-electron chi connectivity index (χ3n) is 1.65. The van der Waals surface area contributed by atoms with Crippen molar-refractivity contribution >= 4 is 0 Å². The van der Waals surface area contributed by atoms with E-state index in [0.717, 1.165) is 12.2 Å². The Bertz CT molecular complexity index is 274. The van der Waals surface area contributed by atoms with Crippen molar-refractivity contribution in [2.24, 2.45) is 11.7 Å². The SMILES string of the molecule is C#CCOc1ccc(CC)cc1.NN. The highest BCUT2D eigenvalue weighted by Crippen LogP contribution is 2.11. The Morgan fingerprint density at radius 3 is 2.29 bits per heavy atom. The van der Waals surface area contributed by atoms with E-state index in [9.17, 15) is 0 Å². The molecule has 0 aliphatic rings. The summed E-state index contributed by atoms with van der Waals surface area (Å²) in [5.74, 6) is 11.3. The van der Waals surface area contributed by atoms with Gasteiger partial charge >= 0.3 is 0 Å². The maximum absolute atomic E-state index is 5.22. The Labute approximate surface area is 85.0 Å². The van der Waals surface area contributed by atoms with Gasteiger partial charge in [0.25, 0.3) is 0 Å². The van der Waals surface area contributed by atoms with Crippen LogP contribution in [0, 0.1) is 12.3 Å². The number of hydrogen-bond acceptors (Lipinski definition) is 3. The van der Waals surface area contributed by atoms with Crippen molar-refractivity contribution in [3.63, 3.8) is 0 Å². The Balaban J connectivity index is 0.000000791. The molecular weight excluding hydrogens is 176 g/mol. The highest BCUT2D eigenvalue weighted by molar-refractivity contribution is 5.27. The summed E-state index contributed by atoms with van der Waals surface area (Å²) < 4.78 is 5.22. The molecule has 0 unspecified atom stereocenters. The minimum absolute atomic E-state index is 0.339. The fourth-order valence-corrected chi connectivity index (χ4v) is 0.946. The molecule has 1 rings (SSSR count). The topological polar surface area (TPSA) is 61.3 Å². The van der Waals surface area contributed by atoms with Crippen molar-refractivity contribution in [2.45, 2.75) is 13.3 Å². The van der Waals surface area contributed by atoms with Crippen LogP contribution >= 0.6 is 0 Å². The van der Waals surface area contributed by atoms with Crippen LogP contribution in [0.5, 0.6) is 5.75 Å². The monoisotopic (exact) mass is 192 g/mol. The number of hydrazine groups is 1. The number of hydrogen-bond donors (Lipinski definition) is 2. The maximum atomic E-state index is 5.22. The molecule has 0 fully saturated rings. The zero-order chi connectivity index (χ0) is 10.8. The molecule has 0 spiro atoms. The summed E-state index contributed by atoms with van der Waals surface area (Å²) in [5, 5.41) is 0. The molecule has 0 aliphatic heterocycles. The molecule has 0 bridgehead atoms. The Morgan fingerprint density at radius 2 is 1.86 bits per heavy atom. The van der Waals surface area contributed by atoms with E-state index in [1.807, 2.05) is 24.3 Å². The lowest BCUT2D eigenvalue weighted by Crippen LogP contribution is -2.02. The van der Waals surface area contributed by atoms with Gasteiger partial charge in [0, 0.05) is 0 Å². The minimum atomic E-state index is 0.339. The lowest BCUT2D eigenvalue weighted by Gasteiger charge is -2.02. The lowest BCUT2D eigenvalue weighted by atomic mass is 10.2. The number of benzene rings is 1. The maximum Gasteiger partial charge on any atom is 0.148 e. The van der Waals surface area contributed by atoms with E-state index in [-0.39, 0.29) is 0 Å². The Hall–Kier alpha value is -1.50. The van der Waals surface area contributed by atoms with E-state index < -0.39 is 0 Å². The van der Waals surface area contributed by atoms with Gasteiger partial charge < -0.3 is 4.74 Å². The van der Waals surface area contributed by atoms with Crippen LogP contribution in [0.3, 0.4) is 0 Å². The normalized spacial score (nSPS) is 8.14. The first-order chi connectivity index (χ1) is 6.86. The molecule has 76 valence electrons. The summed E-state index contributed by atoms with van der Waals surface area (Å²) >= 11 is 0. The number of terminal acetylenes is 1. The predicted molar refractivity (Wildman–Crippen MR) is 58.5 cm³/mol. The molecule has 0 saturated carbocycles. The van der Waals surface area contributed by atoms with E-state index in [4.69, 9.17) is 11.2 Å². The van der Waals surface area contributed by atoms with Crippen LogP contribution in [0.15, 0.2) is 24.3 Å². The molecule has 0 radical (unpaired) electrons. The zero-order valence-corrected chi connectivity index (χ0v) is 8.36. The number of ether oxygens (including phenoxy) is 1. The summed E-state index contributed by atoms with van der Waals surface area (Å²) in [6.45, 7) is 2.46. The van der Waals surface area contributed by atoms with Crippen molar-refractivity contribution in [3.8, 4) is 18.1 Å². The average Bonchev–Trinajstić information content (AvgIpc) is 2.30. The average molecular weight is 192 g/mol. The van der Waals surface area contributed by atoms with Crippen LogP contribution < -0.4 is 16.4 Å². The molecule has 0 aromatic heterocycles. The molecule has 0 amide bonds. The fraction of sp³-hybridized carbons (Fsp3) is 0.273. The van der Waals surface area contributed by atoms with Gasteiger partial charge in [0.1, 0.15) is 12.4 Å². The molecule has 4 N–H and O–H groups in total. The van der Waals surface area contributed by atoms with Gasteiger partial charge in [-0.15, -0.1) is 6.42 Å². The second kappa shape index (κ2) is 8.11. The summed E-state index contributed by atoms with van der Waals surface area (Å²) in [6, 6.07) is 7.98. The Morgan fingerprint density at radius 1 is 1.29 bits per heavy atom. The quantitative estimate of drug-likeness (QED) is 0.428. The zero-order valence-electron chi connectivity index (χ0n) is 8.36. The second-order valence-corrected chi connectivity index (χ2v) is 2.49. The predicted octanol–water partition coefficient (Wildman–Crippen LogP) is 1.08. The van der Waals surface area contributed by atoms with Crippen LogP contribution in [0.25, 0.3) is 0 Å². The summed E-state index contributed by atoms with van der Waals surface area (Å²) in [6.07, 6.45) is 6.11. The van der Waals surface area contributed by atoms with Gasteiger partial charge in [-0.3, -0.25) is 11.7 Å². The molecular formula is C11H16N2O. The molecule has 1 aromatic rings. The lowest BCUT2D eigenvalue weighted by molar-refractivity contribution is 0.370. The van der Waals surface area contributed by atoms with E-state index >= 15 is 0 Å². The third-order valence-corrected chi connectivity index (χ3v) is 1.65. The first-order valence-corrected chi connectivity index (χ1v) is 4.35. The van der Waals surface area contributed by atoms with Crippen molar-refractivity contribution in [2.75, 3.05) is 6.61 Å². The van der Waals surface area contributed by atoms with Gasteiger partial charge in [-0.2, -0.15) is 0 Å². The van der Waals surface area contributed by atoms with Crippen molar-refractivity contribution in [1.29, 1.82) is 0 Å². The van der Waals surface area contributed by atoms with Gasteiger partial charge in [0.15, 0.2) is 0 Å².